The summed E-state index contributed by atoms with van der Waals surface area (Å²) in [5.41, 5.74) is 0. The Morgan fingerprint density at radius 3 is 2.11 bits per heavy atom. The van der Waals surface area contributed by atoms with Crippen LogP contribution >= 0.6 is 15.9 Å². The number of alkyl halides is 1. The summed E-state index contributed by atoms with van der Waals surface area (Å²) < 4.78 is 27.5. The monoisotopic (exact) mass is 226 g/mol. The minimum atomic E-state index is -3.84. The molecule has 0 radical (unpaired) electrons. The molecule has 6 heteroatoms. The molecular formula is C3H8BrNaO3S. The number of hydrogen-bond acceptors (Lipinski definition) is 2. The van der Waals surface area contributed by atoms with E-state index < -0.39 is 14.3 Å². The van der Waals surface area contributed by atoms with E-state index in [1.54, 1.807) is 6.92 Å². The van der Waals surface area contributed by atoms with Gasteiger partial charge in [-0.1, -0.05) is 22.9 Å². The molecule has 0 aromatic carbocycles. The molecule has 0 saturated carbocycles. The van der Waals surface area contributed by atoms with Gasteiger partial charge in [0.2, 0.25) is 0 Å². The molecule has 0 aliphatic rings. The van der Waals surface area contributed by atoms with E-state index in [2.05, 4.69) is 15.9 Å². The third-order valence-electron chi connectivity index (χ3n) is 0.644. The van der Waals surface area contributed by atoms with Crippen molar-refractivity contribution in [1.82, 2.24) is 0 Å². The van der Waals surface area contributed by atoms with E-state index in [1.165, 1.54) is 0 Å². The molecular weight excluding hydrogens is 219 g/mol. The number of rotatable bonds is 2. The predicted molar refractivity (Wildman–Crippen MR) is 35.7 cm³/mol. The first-order valence-electron chi connectivity index (χ1n) is 2.09. The van der Waals surface area contributed by atoms with Crippen molar-refractivity contribution in [3.8, 4) is 0 Å². The average Bonchev–Trinajstić information content (AvgIpc) is 1.62. The van der Waals surface area contributed by atoms with E-state index in [4.69, 9.17) is 4.55 Å². The summed E-state index contributed by atoms with van der Waals surface area (Å²) in [6, 6.07) is 0. The van der Waals surface area contributed by atoms with Crippen LogP contribution in [0.15, 0.2) is 0 Å². The summed E-state index contributed by atoms with van der Waals surface area (Å²) in [6.07, 6.45) is 0.374. The van der Waals surface area contributed by atoms with E-state index in [0.717, 1.165) is 0 Å². The molecule has 0 aromatic rings. The van der Waals surface area contributed by atoms with Gasteiger partial charge >= 0.3 is 29.6 Å². The molecule has 9 heavy (non-hydrogen) atoms. The van der Waals surface area contributed by atoms with Gasteiger partial charge in [0, 0.05) is 0 Å². The second kappa shape index (κ2) is 5.09. The summed E-state index contributed by atoms with van der Waals surface area (Å²) in [5, 5.41) is 0. The van der Waals surface area contributed by atoms with Crippen molar-refractivity contribution in [2.24, 2.45) is 0 Å². The van der Waals surface area contributed by atoms with Crippen LogP contribution in [-0.2, 0) is 10.1 Å². The van der Waals surface area contributed by atoms with Crippen molar-refractivity contribution in [2.75, 3.05) is 0 Å². The Kier molecular flexibility index (Phi) is 7.37. The van der Waals surface area contributed by atoms with E-state index >= 15 is 0 Å². The van der Waals surface area contributed by atoms with Gasteiger partial charge in [-0.2, -0.15) is 8.42 Å². The van der Waals surface area contributed by atoms with Crippen LogP contribution in [0.25, 0.3) is 0 Å². The Hall–Kier alpha value is 1.39. The second-order valence-electron chi connectivity index (χ2n) is 1.33. The van der Waals surface area contributed by atoms with Crippen molar-refractivity contribution in [1.29, 1.82) is 0 Å². The molecule has 1 N–H and O–H groups in total. The van der Waals surface area contributed by atoms with Gasteiger partial charge in [0.25, 0.3) is 10.1 Å². The van der Waals surface area contributed by atoms with Gasteiger partial charge in [-0.3, -0.25) is 4.55 Å². The third-order valence-corrected chi connectivity index (χ3v) is 3.69. The molecule has 1 unspecified atom stereocenters. The molecule has 0 heterocycles. The standard InChI is InChI=1S/C3H7BrO3S.Na.H/c1-2-3(4)8(5,6)7;;/h3H,2H2,1H3,(H,5,6,7);;/q;+1;-1. The van der Waals surface area contributed by atoms with Crippen LogP contribution in [0.3, 0.4) is 0 Å². The van der Waals surface area contributed by atoms with E-state index in [1.807, 2.05) is 0 Å². The van der Waals surface area contributed by atoms with Crippen molar-refractivity contribution >= 4 is 26.0 Å². The summed E-state index contributed by atoms with van der Waals surface area (Å²) in [7, 11) is -3.84. The first-order chi connectivity index (χ1) is 3.48. The summed E-state index contributed by atoms with van der Waals surface area (Å²) in [5.74, 6) is 0. The first kappa shape index (κ1) is 13.0. The molecule has 0 aromatic heterocycles. The second-order valence-corrected chi connectivity index (χ2v) is 4.64. The fraction of sp³-hybridized carbons (Fsp3) is 1.00. The molecule has 0 aliphatic carbocycles. The Bertz CT molecular complexity index is 159. The normalized spacial score (nSPS) is 14.1. The molecule has 52 valence electrons. The Morgan fingerprint density at radius 1 is 1.78 bits per heavy atom. The zero-order chi connectivity index (χ0) is 6.78. The van der Waals surface area contributed by atoms with E-state index in [0.29, 0.717) is 6.42 Å². The van der Waals surface area contributed by atoms with Crippen molar-refractivity contribution < 1.29 is 44.0 Å². The van der Waals surface area contributed by atoms with Gasteiger partial charge in [-0.05, 0) is 6.42 Å². The van der Waals surface area contributed by atoms with Gasteiger partial charge in [0.1, 0.15) is 4.16 Å². The fourth-order valence-electron chi connectivity index (χ4n) is 0.211. The zero-order valence-corrected chi connectivity index (χ0v) is 9.74. The van der Waals surface area contributed by atoms with Crippen molar-refractivity contribution in [3.05, 3.63) is 0 Å². The van der Waals surface area contributed by atoms with Crippen LogP contribution in [-0.4, -0.2) is 17.1 Å². The summed E-state index contributed by atoms with van der Waals surface area (Å²) in [6.45, 7) is 1.66. The predicted octanol–water partition coefficient (Wildman–Crippen LogP) is -1.88. The van der Waals surface area contributed by atoms with Crippen molar-refractivity contribution in [2.45, 2.75) is 17.5 Å². The van der Waals surface area contributed by atoms with E-state index in [9.17, 15) is 8.42 Å². The summed E-state index contributed by atoms with van der Waals surface area (Å²) in [4.78, 5) is 0. The largest absolute Gasteiger partial charge is 1.00 e. The smallest absolute Gasteiger partial charge is 1.00 e. The molecule has 0 spiro atoms. The van der Waals surface area contributed by atoms with Crippen LogP contribution in [0, 0.1) is 0 Å². The maximum atomic E-state index is 10.1. The SMILES string of the molecule is CCC(Br)S(=O)(=O)O.[H-].[Na+]. The van der Waals surface area contributed by atoms with Gasteiger partial charge in [0.15, 0.2) is 0 Å². The molecule has 0 rings (SSSR count). The number of halogens is 1. The van der Waals surface area contributed by atoms with Gasteiger partial charge in [0.05, 0.1) is 0 Å². The quantitative estimate of drug-likeness (QED) is 0.341. The van der Waals surface area contributed by atoms with Crippen LogP contribution in [0.5, 0.6) is 0 Å². The van der Waals surface area contributed by atoms with E-state index in [-0.39, 0.29) is 31.0 Å². The average molecular weight is 227 g/mol. The Labute approximate surface area is 86.9 Å². The van der Waals surface area contributed by atoms with Crippen LogP contribution in [0.1, 0.15) is 14.8 Å². The Morgan fingerprint density at radius 2 is 2.11 bits per heavy atom. The maximum Gasteiger partial charge on any atom is 1.00 e. The summed E-state index contributed by atoms with van der Waals surface area (Å²) >= 11 is 2.76. The molecule has 0 bridgehead atoms. The molecule has 0 aliphatic heterocycles. The van der Waals surface area contributed by atoms with Gasteiger partial charge in [-0.25, -0.2) is 0 Å². The Balaban J connectivity index is -0.000000245. The minimum Gasteiger partial charge on any atom is -1.00 e. The van der Waals surface area contributed by atoms with Crippen LogP contribution in [0.2, 0.25) is 0 Å². The first-order valence-corrected chi connectivity index (χ1v) is 4.50. The fourth-order valence-corrected chi connectivity index (χ4v) is 0.632. The zero-order valence-electron chi connectivity index (χ0n) is 6.33. The molecule has 0 amide bonds. The molecule has 3 nitrogen and oxygen atoms in total. The van der Waals surface area contributed by atoms with Crippen LogP contribution < -0.4 is 29.6 Å². The topological polar surface area (TPSA) is 54.4 Å². The van der Waals surface area contributed by atoms with Crippen LogP contribution in [0.4, 0.5) is 0 Å². The maximum absolute atomic E-state index is 10.1. The van der Waals surface area contributed by atoms with Gasteiger partial charge in [-0.15, -0.1) is 0 Å². The molecule has 0 saturated heterocycles. The minimum absolute atomic E-state index is 0. The van der Waals surface area contributed by atoms with Gasteiger partial charge < -0.3 is 1.43 Å². The van der Waals surface area contributed by atoms with Crippen molar-refractivity contribution in [3.63, 3.8) is 0 Å². The molecule has 0 fully saturated rings. The number of hydrogen-bond donors (Lipinski definition) is 1. The molecule has 1 atom stereocenters. The third kappa shape index (κ3) is 5.82.